The third-order valence-electron chi connectivity index (χ3n) is 4.92. The summed E-state index contributed by atoms with van der Waals surface area (Å²) in [5.74, 6) is 3.14. The first-order valence-electron chi connectivity index (χ1n) is 9.63. The third kappa shape index (κ3) is 3.95. The fourth-order valence-electron chi connectivity index (χ4n) is 3.47. The summed E-state index contributed by atoms with van der Waals surface area (Å²) in [6.45, 7) is 7.90. The van der Waals surface area contributed by atoms with Crippen molar-refractivity contribution in [3.05, 3.63) is 35.5 Å². The fourth-order valence-corrected chi connectivity index (χ4v) is 3.47. The number of benzene rings is 1. The van der Waals surface area contributed by atoms with Crippen LogP contribution in [0, 0.1) is 6.92 Å². The second kappa shape index (κ2) is 7.92. The Kier molecular flexibility index (Phi) is 5.18. The van der Waals surface area contributed by atoms with Crippen LogP contribution in [0.1, 0.15) is 18.2 Å². The molecule has 8 heteroatoms. The van der Waals surface area contributed by atoms with Crippen molar-refractivity contribution in [1.29, 1.82) is 0 Å². The highest BCUT2D eigenvalue weighted by Crippen LogP contribution is 2.32. The van der Waals surface area contributed by atoms with Gasteiger partial charge in [0.15, 0.2) is 11.5 Å². The standard InChI is InChI=1S/C20H25N5O3/c1-3-21-20-22-14(2)10-18(23-20)24-6-8-25(9-7-24)19(26)12-15-4-5-16-17(11-15)28-13-27-16/h4-5,10-11H,3,6-9,12-13H2,1-2H3,(H,21,22,23). The number of nitrogens with one attached hydrogen (secondary N) is 1. The Morgan fingerprint density at radius 1 is 1.11 bits per heavy atom. The van der Waals surface area contributed by atoms with Crippen molar-refractivity contribution in [2.24, 2.45) is 0 Å². The molecule has 1 saturated heterocycles. The van der Waals surface area contributed by atoms with E-state index >= 15 is 0 Å². The maximum atomic E-state index is 12.7. The van der Waals surface area contributed by atoms with Crippen LogP contribution in [0.3, 0.4) is 0 Å². The number of piperazine rings is 1. The number of ether oxygens (including phenoxy) is 2. The van der Waals surface area contributed by atoms with Crippen molar-refractivity contribution in [3.8, 4) is 11.5 Å². The van der Waals surface area contributed by atoms with Gasteiger partial charge in [0, 0.05) is 44.5 Å². The number of carbonyl (C=O) groups excluding carboxylic acids is 1. The molecule has 1 amide bonds. The van der Waals surface area contributed by atoms with E-state index in [4.69, 9.17) is 9.47 Å². The molecule has 1 N–H and O–H groups in total. The van der Waals surface area contributed by atoms with Crippen LogP contribution < -0.4 is 19.7 Å². The highest BCUT2D eigenvalue weighted by molar-refractivity contribution is 5.79. The number of anilines is 2. The number of carbonyl (C=O) groups is 1. The maximum absolute atomic E-state index is 12.7. The summed E-state index contributed by atoms with van der Waals surface area (Å²) in [6.07, 6.45) is 0.369. The zero-order chi connectivity index (χ0) is 19.5. The molecule has 2 aliphatic rings. The molecule has 0 unspecified atom stereocenters. The number of amides is 1. The highest BCUT2D eigenvalue weighted by atomic mass is 16.7. The number of aryl methyl sites for hydroxylation is 1. The first-order chi connectivity index (χ1) is 13.6. The van der Waals surface area contributed by atoms with Crippen LogP contribution in [0.2, 0.25) is 0 Å². The molecule has 1 fully saturated rings. The fraction of sp³-hybridized carbons (Fsp3) is 0.450. The highest BCUT2D eigenvalue weighted by Gasteiger charge is 2.23. The summed E-state index contributed by atoms with van der Waals surface area (Å²) in [6, 6.07) is 7.67. The smallest absolute Gasteiger partial charge is 0.231 e. The van der Waals surface area contributed by atoms with Gasteiger partial charge in [-0.3, -0.25) is 4.79 Å². The number of rotatable bonds is 5. The molecular formula is C20H25N5O3. The Hall–Kier alpha value is -3.03. The second-order valence-electron chi connectivity index (χ2n) is 6.95. The number of nitrogens with zero attached hydrogens (tertiary/aromatic N) is 4. The van der Waals surface area contributed by atoms with Crippen LogP contribution in [-0.2, 0) is 11.2 Å². The zero-order valence-electron chi connectivity index (χ0n) is 16.3. The average Bonchev–Trinajstić information content (AvgIpc) is 3.16. The van der Waals surface area contributed by atoms with Gasteiger partial charge in [0.2, 0.25) is 18.6 Å². The van der Waals surface area contributed by atoms with E-state index in [-0.39, 0.29) is 12.7 Å². The molecule has 3 heterocycles. The lowest BCUT2D eigenvalue weighted by Gasteiger charge is -2.35. The number of aromatic nitrogens is 2. The van der Waals surface area contributed by atoms with Gasteiger partial charge in [0.25, 0.3) is 0 Å². The Morgan fingerprint density at radius 3 is 2.68 bits per heavy atom. The van der Waals surface area contributed by atoms with Crippen LogP contribution in [0.25, 0.3) is 0 Å². The molecule has 28 heavy (non-hydrogen) atoms. The van der Waals surface area contributed by atoms with E-state index < -0.39 is 0 Å². The van der Waals surface area contributed by atoms with E-state index in [9.17, 15) is 4.79 Å². The lowest BCUT2D eigenvalue weighted by molar-refractivity contribution is -0.130. The van der Waals surface area contributed by atoms with Crippen LogP contribution >= 0.6 is 0 Å². The van der Waals surface area contributed by atoms with Crippen molar-refractivity contribution in [1.82, 2.24) is 14.9 Å². The van der Waals surface area contributed by atoms with Gasteiger partial charge >= 0.3 is 0 Å². The maximum Gasteiger partial charge on any atom is 0.231 e. The Labute approximate surface area is 164 Å². The normalized spacial score (nSPS) is 15.6. The van der Waals surface area contributed by atoms with Crippen LogP contribution in [0.5, 0.6) is 11.5 Å². The second-order valence-corrected chi connectivity index (χ2v) is 6.95. The predicted molar refractivity (Wildman–Crippen MR) is 106 cm³/mol. The molecule has 1 aromatic heterocycles. The van der Waals surface area contributed by atoms with E-state index in [0.717, 1.165) is 42.5 Å². The molecule has 2 aromatic rings. The summed E-state index contributed by atoms with van der Waals surface area (Å²) in [4.78, 5) is 25.8. The van der Waals surface area contributed by atoms with Crippen LogP contribution in [0.4, 0.5) is 11.8 Å². The summed E-state index contributed by atoms with van der Waals surface area (Å²) in [7, 11) is 0. The van der Waals surface area contributed by atoms with Gasteiger partial charge in [-0.25, -0.2) is 4.98 Å². The van der Waals surface area contributed by atoms with Gasteiger partial charge in [-0.1, -0.05) is 6.07 Å². The van der Waals surface area contributed by atoms with Crippen molar-refractivity contribution < 1.29 is 14.3 Å². The number of hydrogen-bond acceptors (Lipinski definition) is 7. The summed E-state index contributed by atoms with van der Waals surface area (Å²) < 4.78 is 10.7. The van der Waals surface area contributed by atoms with Crippen molar-refractivity contribution >= 4 is 17.7 Å². The quantitative estimate of drug-likeness (QED) is 0.844. The summed E-state index contributed by atoms with van der Waals surface area (Å²) in [5, 5.41) is 3.17. The molecule has 2 aliphatic heterocycles. The molecule has 8 nitrogen and oxygen atoms in total. The Morgan fingerprint density at radius 2 is 1.89 bits per heavy atom. The SMILES string of the molecule is CCNc1nc(C)cc(N2CCN(C(=O)Cc3ccc4c(c3)OCO4)CC2)n1. The van der Waals surface area contributed by atoms with E-state index in [1.54, 1.807) is 0 Å². The van der Waals surface area contributed by atoms with Gasteiger partial charge < -0.3 is 24.6 Å². The van der Waals surface area contributed by atoms with E-state index in [1.807, 2.05) is 43.0 Å². The van der Waals surface area contributed by atoms with E-state index in [1.165, 1.54) is 0 Å². The first kappa shape index (κ1) is 18.3. The van der Waals surface area contributed by atoms with Gasteiger partial charge in [-0.05, 0) is 31.5 Å². The Balaban J connectivity index is 1.35. The minimum absolute atomic E-state index is 0.130. The molecule has 148 valence electrons. The third-order valence-corrected chi connectivity index (χ3v) is 4.92. The molecular weight excluding hydrogens is 358 g/mol. The van der Waals surface area contributed by atoms with Crippen LogP contribution in [-0.4, -0.2) is 60.3 Å². The molecule has 0 bridgehead atoms. The molecule has 0 radical (unpaired) electrons. The van der Waals surface area contributed by atoms with Gasteiger partial charge in [0.05, 0.1) is 6.42 Å². The van der Waals surface area contributed by atoms with E-state index in [2.05, 4.69) is 20.2 Å². The molecule has 0 spiro atoms. The predicted octanol–water partition coefficient (Wildman–Crippen LogP) is 1.84. The summed E-state index contributed by atoms with van der Waals surface area (Å²) in [5.41, 5.74) is 1.88. The Bertz CT molecular complexity index is 865. The minimum Gasteiger partial charge on any atom is -0.454 e. The average molecular weight is 383 g/mol. The molecule has 0 saturated carbocycles. The monoisotopic (exact) mass is 383 g/mol. The van der Waals surface area contributed by atoms with Crippen molar-refractivity contribution in [2.45, 2.75) is 20.3 Å². The van der Waals surface area contributed by atoms with Gasteiger partial charge in [-0.15, -0.1) is 0 Å². The van der Waals surface area contributed by atoms with Crippen LogP contribution in [0.15, 0.2) is 24.3 Å². The largest absolute Gasteiger partial charge is 0.454 e. The number of hydrogen-bond donors (Lipinski definition) is 1. The lowest BCUT2D eigenvalue weighted by Crippen LogP contribution is -2.49. The van der Waals surface area contributed by atoms with E-state index in [0.29, 0.717) is 31.2 Å². The summed E-state index contributed by atoms with van der Waals surface area (Å²) >= 11 is 0. The first-order valence-corrected chi connectivity index (χ1v) is 9.63. The zero-order valence-corrected chi connectivity index (χ0v) is 16.3. The topological polar surface area (TPSA) is 79.8 Å². The lowest BCUT2D eigenvalue weighted by atomic mass is 10.1. The van der Waals surface area contributed by atoms with Gasteiger partial charge in [0.1, 0.15) is 5.82 Å². The number of fused-ring (bicyclic) bond motifs is 1. The minimum atomic E-state index is 0.130. The molecule has 0 aliphatic carbocycles. The van der Waals surface area contributed by atoms with Crippen molar-refractivity contribution in [3.63, 3.8) is 0 Å². The molecule has 4 rings (SSSR count). The van der Waals surface area contributed by atoms with Crippen molar-refractivity contribution in [2.75, 3.05) is 49.7 Å². The van der Waals surface area contributed by atoms with Gasteiger partial charge in [-0.2, -0.15) is 4.98 Å². The molecule has 0 atom stereocenters. The molecule has 1 aromatic carbocycles.